The molecule has 0 N–H and O–H groups in total. The quantitative estimate of drug-likeness (QED) is 0.384. The first-order chi connectivity index (χ1) is 14.6. The minimum absolute atomic E-state index is 0.0906. The van der Waals surface area contributed by atoms with Gasteiger partial charge in [-0.25, -0.2) is 0 Å². The van der Waals surface area contributed by atoms with E-state index in [2.05, 4.69) is 69.4 Å². The molecule has 2 aromatic rings. The van der Waals surface area contributed by atoms with E-state index in [1.54, 1.807) is 7.11 Å². The van der Waals surface area contributed by atoms with Crippen LogP contribution in [0.1, 0.15) is 57.1 Å². The monoisotopic (exact) mass is 420 g/mol. The Bertz CT molecular complexity index is 868. The van der Waals surface area contributed by atoms with Gasteiger partial charge in [0.15, 0.2) is 0 Å². The smallest absolute Gasteiger partial charge is 0.131 e. The Kier molecular flexibility index (Phi) is 7.60. The molecule has 1 aliphatic rings. The minimum atomic E-state index is -1.57. The van der Waals surface area contributed by atoms with Gasteiger partial charge in [0.2, 0.25) is 0 Å². The average Bonchev–Trinajstić information content (AvgIpc) is 2.75. The third-order valence-electron chi connectivity index (χ3n) is 6.23. The van der Waals surface area contributed by atoms with Gasteiger partial charge in [-0.05, 0) is 29.3 Å². The fraction of sp³-hybridized carbons (Fsp3) is 0.407. The summed E-state index contributed by atoms with van der Waals surface area (Å²) in [6, 6.07) is 20.8. The zero-order valence-corrected chi connectivity index (χ0v) is 20.0. The van der Waals surface area contributed by atoms with Gasteiger partial charge in [-0.1, -0.05) is 101 Å². The Morgan fingerprint density at radius 2 is 1.60 bits per heavy atom. The molecule has 2 nitrogen and oxygen atoms in total. The molecule has 0 saturated carbocycles. The lowest BCUT2D eigenvalue weighted by atomic mass is 9.82. The van der Waals surface area contributed by atoms with E-state index >= 15 is 0 Å². The maximum Gasteiger partial charge on any atom is 0.131 e. The standard InChI is InChI=1S/C27H36O2Si/c1-6-16-30(17-7-2,18-8-3)20-26-21(4)27(22-12-10-9-11-13-22)24-19-23(28-5)14-15-25(24)29-26/h9-15,19-20,27H,4,6-8,16-18H2,1-3,5H3/b26-20+. The lowest BCUT2D eigenvalue weighted by molar-refractivity contribution is 0.395. The number of methoxy groups -OCH3 is 1. The van der Waals surface area contributed by atoms with Crippen LogP contribution in [-0.2, 0) is 0 Å². The summed E-state index contributed by atoms with van der Waals surface area (Å²) in [5, 5.41) is 0. The summed E-state index contributed by atoms with van der Waals surface area (Å²) >= 11 is 0. The van der Waals surface area contributed by atoms with Gasteiger partial charge in [0.1, 0.15) is 17.3 Å². The first kappa shape index (κ1) is 22.4. The SMILES string of the molecule is C=C1/C(=C\[Si](CCC)(CCC)CCC)Oc2ccc(OC)cc2C1c1ccccc1. The lowest BCUT2D eigenvalue weighted by Gasteiger charge is -2.34. The molecule has 2 aromatic carbocycles. The molecule has 3 heteroatoms. The van der Waals surface area contributed by atoms with Crippen molar-refractivity contribution >= 4 is 8.07 Å². The third kappa shape index (κ3) is 4.72. The molecule has 0 amide bonds. The van der Waals surface area contributed by atoms with Gasteiger partial charge in [-0.3, -0.25) is 0 Å². The van der Waals surface area contributed by atoms with Gasteiger partial charge in [0, 0.05) is 11.5 Å². The van der Waals surface area contributed by atoms with Crippen molar-refractivity contribution in [3.8, 4) is 11.5 Å². The van der Waals surface area contributed by atoms with Gasteiger partial charge >= 0.3 is 0 Å². The van der Waals surface area contributed by atoms with Crippen LogP contribution in [0, 0.1) is 0 Å². The molecule has 1 heterocycles. The zero-order valence-electron chi connectivity index (χ0n) is 19.0. The number of rotatable bonds is 9. The second-order valence-corrected chi connectivity index (χ2v) is 13.0. The van der Waals surface area contributed by atoms with Crippen LogP contribution in [-0.4, -0.2) is 15.2 Å². The van der Waals surface area contributed by atoms with Crippen LogP contribution >= 0.6 is 0 Å². The molecule has 3 rings (SSSR count). The van der Waals surface area contributed by atoms with Crippen LogP contribution in [0.2, 0.25) is 18.1 Å². The van der Waals surface area contributed by atoms with Crippen molar-refractivity contribution < 1.29 is 9.47 Å². The molecular formula is C27H36O2Si. The largest absolute Gasteiger partial charge is 0.497 e. The van der Waals surface area contributed by atoms with E-state index in [-0.39, 0.29) is 5.92 Å². The molecule has 1 atom stereocenters. The van der Waals surface area contributed by atoms with E-state index < -0.39 is 8.07 Å². The average molecular weight is 421 g/mol. The van der Waals surface area contributed by atoms with Crippen LogP contribution in [0.15, 0.2) is 72.1 Å². The molecule has 0 bridgehead atoms. The van der Waals surface area contributed by atoms with Crippen molar-refractivity contribution in [2.24, 2.45) is 0 Å². The highest BCUT2D eigenvalue weighted by molar-refractivity contribution is 6.84. The fourth-order valence-electron chi connectivity index (χ4n) is 5.00. The van der Waals surface area contributed by atoms with Crippen LogP contribution < -0.4 is 9.47 Å². The number of hydrogen-bond acceptors (Lipinski definition) is 2. The molecule has 160 valence electrons. The maximum atomic E-state index is 6.53. The Morgan fingerprint density at radius 3 is 2.17 bits per heavy atom. The van der Waals surface area contributed by atoms with E-state index in [9.17, 15) is 0 Å². The summed E-state index contributed by atoms with van der Waals surface area (Å²) in [6.07, 6.45) is 3.70. The Hall–Kier alpha value is -2.26. The predicted octanol–water partition coefficient (Wildman–Crippen LogP) is 7.88. The number of benzene rings is 2. The minimum Gasteiger partial charge on any atom is -0.497 e. The molecular weight excluding hydrogens is 384 g/mol. The molecule has 0 radical (unpaired) electrons. The van der Waals surface area contributed by atoms with Gasteiger partial charge in [-0.15, -0.1) is 0 Å². The molecule has 30 heavy (non-hydrogen) atoms. The lowest BCUT2D eigenvalue weighted by Crippen LogP contribution is -2.33. The maximum absolute atomic E-state index is 6.53. The number of ether oxygens (including phenoxy) is 2. The normalized spacial score (nSPS) is 17.5. The van der Waals surface area contributed by atoms with E-state index in [4.69, 9.17) is 9.47 Å². The highest BCUT2D eigenvalue weighted by atomic mass is 28.3. The van der Waals surface area contributed by atoms with Gasteiger partial charge in [-0.2, -0.15) is 0 Å². The van der Waals surface area contributed by atoms with Crippen molar-refractivity contribution in [1.29, 1.82) is 0 Å². The first-order valence-corrected chi connectivity index (χ1v) is 14.1. The summed E-state index contributed by atoms with van der Waals surface area (Å²) in [5.74, 6) is 2.87. The molecule has 0 aliphatic carbocycles. The second kappa shape index (κ2) is 10.2. The third-order valence-corrected chi connectivity index (χ3v) is 11.6. The van der Waals surface area contributed by atoms with E-state index in [1.807, 2.05) is 12.1 Å². The molecule has 0 spiro atoms. The number of hydrogen-bond donors (Lipinski definition) is 0. The Labute approximate surface area is 183 Å². The van der Waals surface area contributed by atoms with E-state index in [1.165, 1.54) is 43.0 Å². The second-order valence-electron chi connectivity index (χ2n) is 8.50. The zero-order chi connectivity index (χ0) is 21.6. The van der Waals surface area contributed by atoms with Crippen LogP contribution in [0.3, 0.4) is 0 Å². The van der Waals surface area contributed by atoms with Crippen molar-refractivity contribution in [2.45, 2.75) is 64.1 Å². The highest BCUT2D eigenvalue weighted by Gasteiger charge is 2.34. The van der Waals surface area contributed by atoms with Gasteiger partial charge in [0.25, 0.3) is 0 Å². The van der Waals surface area contributed by atoms with Gasteiger partial charge in [0.05, 0.1) is 15.2 Å². The summed E-state index contributed by atoms with van der Waals surface area (Å²) in [4.78, 5) is 0. The topological polar surface area (TPSA) is 18.5 Å². The summed E-state index contributed by atoms with van der Waals surface area (Å²) in [5.41, 5.74) is 6.01. The number of allylic oxidation sites excluding steroid dienone is 1. The molecule has 0 aromatic heterocycles. The van der Waals surface area contributed by atoms with Crippen molar-refractivity contribution in [2.75, 3.05) is 7.11 Å². The van der Waals surface area contributed by atoms with Crippen molar-refractivity contribution in [3.63, 3.8) is 0 Å². The van der Waals surface area contributed by atoms with E-state index in [0.717, 1.165) is 28.4 Å². The van der Waals surface area contributed by atoms with Crippen LogP contribution in [0.4, 0.5) is 0 Å². The van der Waals surface area contributed by atoms with Crippen molar-refractivity contribution in [1.82, 2.24) is 0 Å². The highest BCUT2D eigenvalue weighted by Crippen LogP contribution is 2.46. The Balaban J connectivity index is 2.13. The predicted molar refractivity (Wildman–Crippen MR) is 130 cm³/mol. The Morgan fingerprint density at radius 1 is 0.967 bits per heavy atom. The molecule has 0 fully saturated rings. The number of fused-ring (bicyclic) bond motifs is 1. The summed E-state index contributed by atoms with van der Waals surface area (Å²) in [6.45, 7) is 11.5. The summed E-state index contributed by atoms with van der Waals surface area (Å²) in [7, 11) is 0.145. The van der Waals surface area contributed by atoms with E-state index in [0.29, 0.717) is 0 Å². The van der Waals surface area contributed by atoms with Gasteiger partial charge < -0.3 is 9.47 Å². The first-order valence-electron chi connectivity index (χ1n) is 11.4. The molecule has 1 unspecified atom stereocenters. The van der Waals surface area contributed by atoms with Crippen molar-refractivity contribution in [3.05, 3.63) is 83.3 Å². The summed E-state index contributed by atoms with van der Waals surface area (Å²) < 4.78 is 12.0. The van der Waals surface area contributed by atoms with Crippen LogP contribution in [0.25, 0.3) is 0 Å². The fourth-order valence-corrected chi connectivity index (χ4v) is 9.97. The van der Waals surface area contributed by atoms with Crippen LogP contribution in [0.5, 0.6) is 11.5 Å². The molecule has 0 saturated heterocycles. The molecule has 1 aliphatic heterocycles.